The summed E-state index contributed by atoms with van der Waals surface area (Å²) in [4.78, 5) is 10.2. The summed E-state index contributed by atoms with van der Waals surface area (Å²) >= 11 is 5.07. The van der Waals surface area contributed by atoms with E-state index in [2.05, 4.69) is 10.6 Å². The van der Waals surface area contributed by atoms with Gasteiger partial charge in [-0.15, -0.1) is 0 Å². The highest BCUT2D eigenvalue weighted by Crippen LogP contribution is 2.17. The van der Waals surface area contributed by atoms with Crippen molar-refractivity contribution in [3.05, 3.63) is 34.4 Å². The number of nitro benzene ring substituents is 1. The zero-order chi connectivity index (χ0) is 14.8. The number of non-ortho nitro benzene ring substituents is 1. The van der Waals surface area contributed by atoms with E-state index in [-0.39, 0.29) is 28.3 Å². The fourth-order valence-corrected chi connectivity index (χ4v) is 3.92. The first-order chi connectivity index (χ1) is 9.35. The molecule has 1 aliphatic rings. The Labute approximate surface area is 121 Å². The Kier molecular flexibility index (Phi) is 4.19. The van der Waals surface area contributed by atoms with E-state index in [0.29, 0.717) is 12.1 Å². The molecule has 1 aliphatic heterocycles. The van der Waals surface area contributed by atoms with Gasteiger partial charge in [0.25, 0.3) is 5.69 Å². The fraction of sp³-hybridized carbons (Fsp3) is 0.364. The third kappa shape index (κ3) is 3.87. The van der Waals surface area contributed by atoms with Crippen molar-refractivity contribution in [1.82, 2.24) is 5.32 Å². The van der Waals surface area contributed by atoms with Gasteiger partial charge >= 0.3 is 0 Å². The Morgan fingerprint density at radius 1 is 1.45 bits per heavy atom. The van der Waals surface area contributed by atoms with Crippen molar-refractivity contribution in [3.63, 3.8) is 0 Å². The van der Waals surface area contributed by atoms with Crippen LogP contribution in [0.1, 0.15) is 6.42 Å². The van der Waals surface area contributed by atoms with Crippen LogP contribution in [0.25, 0.3) is 0 Å². The normalized spacial score (nSPS) is 20.3. The molecular formula is C11H13N3O4S2. The molecule has 0 spiro atoms. The number of anilines is 1. The van der Waals surface area contributed by atoms with Crippen LogP contribution in [-0.4, -0.2) is 36.0 Å². The number of rotatable bonds is 3. The number of hydrogen-bond acceptors (Lipinski definition) is 5. The van der Waals surface area contributed by atoms with Crippen LogP contribution in [0.2, 0.25) is 0 Å². The van der Waals surface area contributed by atoms with Gasteiger partial charge in [-0.05, 0) is 24.7 Å². The van der Waals surface area contributed by atoms with E-state index < -0.39 is 14.8 Å². The molecule has 1 atom stereocenters. The van der Waals surface area contributed by atoms with Crippen LogP contribution >= 0.6 is 12.2 Å². The molecule has 2 N–H and O–H groups in total. The summed E-state index contributed by atoms with van der Waals surface area (Å²) in [5, 5.41) is 16.6. The minimum atomic E-state index is -2.97. The molecule has 1 fully saturated rings. The number of nitro groups is 1. The lowest BCUT2D eigenvalue weighted by atomic mass is 10.2. The zero-order valence-electron chi connectivity index (χ0n) is 10.4. The lowest BCUT2D eigenvalue weighted by Crippen LogP contribution is -2.38. The predicted octanol–water partition coefficient (Wildman–Crippen LogP) is 1.07. The maximum absolute atomic E-state index is 11.3. The smallest absolute Gasteiger partial charge is 0.271 e. The van der Waals surface area contributed by atoms with E-state index in [9.17, 15) is 18.5 Å². The van der Waals surface area contributed by atoms with Crippen molar-refractivity contribution >= 4 is 38.5 Å². The van der Waals surface area contributed by atoms with Gasteiger partial charge in [-0.3, -0.25) is 10.1 Å². The minimum absolute atomic E-state index is 0.0405. The molecule has 1 unspecified atom stereocenters. The summed E-state index contributed by atoms with van der Waals surface area (Å²) in [5.41, 5.74) is 0.443. The Morgan fingerprint density at radius 2 is 2.20 bits per heavy atom. The first-order valence-corrected chi connectivity index (χ1v) is 8.11. The molecule has 0 bridgehead atoms. The van der Waals surface area contributed by atoms with E-state index in [1.807, 2.05) is 0 Å². The summed E-state index contributed by atoms with van der Waals surface area (Å²) in [5.74, 6) is 0.216. The quantitative estimate of drug-likeness (QED) is 0.488. The summed E-state index contributed by atoms with van der Waals surface area (Å²) in [6.07, 6.45) is 0.513. The molecular weight excluding hydrogens is 302 g/mol. The second-order valence-electron chi connectivity index (χ2n) is 4.51. The lowest BCUT2D eigenvalue weighted by molar-refractivity contribution is -0.384. The highest BCUT2D eigenvalue weighted by Gasteiger charge is 2.28. The monoisotopic (exact) mass is 315 g/mol. The van der Waals surface area contributed by atoms with Crippen LogP contribution in [0.5, 0.6) is 0 Å². The zero-order valence-corrected chi connectivity index (χ0v) is 12.0. The Morgan fingerprint density at radius 3 is 2.80 bits per heavy atom. The first kappa shape index (κ1) is 14.7. The van der Waals surface area contributed by atoms with Crippen LogP contribution in [0.15, 0.2) is 24.3 Å². The number of sulfone groups is 1. The number of nitrogens with one attached hydrogen (secondary N) is 2. The molecule has 2 rings (SSSR count). The molecule has 1 heterocycles. The number of nitrogens with zero attached hydrogens (tertiary/aromatic N) is 1. The molecule has 7 nitrogen and oxygen atoms in total. The van der Waals surface area contributed by atoms with Crippen molar-refractivity contribution in [2.24, 2.45) is 0 Å². The second-order valence-corrected chi connectivity index (χ2v) is 7.14. The van der Waals surface area contributed by atoms with Crippen LogP contribution in [0, 0.1) is 10.1 Å². The molecule has 1 saturated heterocycles. The van der Waals surface area contributed by atoms with E-state index in [1.54, 1.807) is 12.1 Å². The highest BCUT2D eigenvalue weighted by atomic mass is 32.2. The van der Waals surface area contributed by atoms with Crippen molar-refractivity contribution in [3.8, 4) is 0 Å². The molecule has 0 aliphatic carbocycles. The Bertz CT molecular complexity index is 645. The Hall–Kier alpha value is -1.74. The molecule has 0 amide bonds. The molecule has 1 aromatic carbocycles. The topological polar surface area (TPSA) is 101 Å². The van der Waals surface area contributed by atoms with Crippen LogP contribution in [0.3, 0.4) is 0 Å². The standard InChI is InChI=1S/C11H13N3O4S2/c15-14(16)10-3-1-2-8(6-10)12-11(19)13-9-4-5-20(17,18)7-9/h1-3,6,9H,4-5,7H2,(H2,12,13,19). The predicted molar refractivity (Wildman–Crippen MR) is 79.5 cm³/mol. The maximum Gasteiger partial charge on any atom is 0.271 e. The molecule has 9 heteroatoms. The van der Waals surface area contributed by atoms with Gasteiger partial charge in [0.05, 0.1) is 16.4 Å². The van der Waals surface area contributed by atoms with E-state index in [4.69, 9.17) is 12.2 Å². The van der Waals surface area contributed by atoms with Crippen molar-refractivity contribution < 1.29 is 13.3 Å². The number of thiocarbonyl (C=S) groups is 1. The van der Waals surface area contributed by atoms with Crippen LogP contribution in [0.4, 0.5) is 11.4 Å². The van der Waals surface area contributed by atoms with Gasteiger partial charge in [-0.1, -0.05) is 6.07 Å². The summed E-state index contributed by atoms with van der Waals surface area (Å²) in [6, 6.07) is 5.72. The summed E-state index contributed by atoms with van der Waals surface area (Å²) in [7, 11) is -2.97. The summed E-state index contributed by atoms with van der Waals surface area (Å²) < 4.78 is 22.6. The van der Waals surface area contributed by atoms with E-state index in [1.165, 1.54) is 12.1 Å². The molecule has 0 saturated carbocycles. The minimum Gasteiger partial charge on any atom is -0.359 e. The van der Waals surface area contributed by atoms with Gasteiger partial charge in [-0.25, -0.2) is 8.42 Å². The van der Waals surface area contributed by atoms with Gasteiger partial charge in [0.1, 0.15) is 0 Å². The molecule has 0 radical (unpaired) electrons. The van der Waals surface area contributed by atoms with Gasteiger partial charge in [0.15, 0.2) is 14.9 Å². The van der Waals surface area contributed by atoms with Gasteiger partial charge in [0.2, 0.25) is 0 Å². The lowest BCUT2D eigenvalue weighted by Gasteiger charge is -2.14. The maximum atomic E-state index is 11.3. The van der Waals surface area contributed by atoms with Gasteiger partial charge in [-0.2, -0.15) is 0 Å². The van der Waals surface area contributed by atoms with Crippen LogP contribution in [-0.2, 0) is 9.84 Å². The first-order valence-electron chi connectivity index (χ1n) is 5.88. The SMILES string of the molecule is O=[N+]([O-])c1cccc(NC(=S)NC2CCS(=O)(=O)C2)c1. The average Bonchev–Trinajstić information content (AvgIpc) is 2.68. The third-order valence-corrected chi connectivity index (χ3v) is 4.87. The molecule has 108 valence electrons. The molecule has 20 heavy (non-hydrogen) atoms. The van der Waals surface area contributed by atoms with Gasteiger partial charge in [0, 0.05) is 23.9 Å². The summed E-state index contributed by atoms with van der Waals surface area (Å²) in [6.45, 7) is 0. The van der Waals surface area contributed by atoms with Crippen molar-refractivity contribution in [2.75, 3.05) is 16.8 Å². The van der Waals surface area contributed by atoms with E-state index >= 15 is 0 Å². The largest absolute Gasteiger partial charge is 0.359 e. The average molecular weight is 315 g/mol. The number of hydrogen-bond donors (Lipinski definition) is 2. The van der Waals surface area contributed by atoms with Crippen molar-refractivity contribution in [2.45, 2.75) is 12.5 Å². The van der Waals surface area contributed by atoms with Crippen LogP contribution < -0.4 is 10.6 Å². The highest BCUT2D eigenvalue weighted by molar-refractivity contribution is 7.91. The van der Waals surface area contributed by atoms with Crippen molar-refractivity contribution in [1.29, 1.82) is 0 Å². The van der Waals surface area contributed by atoms with Gasteiger partial charge < -0.3 is 10.6 Å². The Balaban J connectivity index is 1.95. The molecule has 0 aromatic heterocycles. The second kappa shape index (κ2) is 5.71. The fourth-order valence-electron chi connectivity index (χ4n) is 1.96. The molecule has 1 aromatic rings. The number of benzene rings is 1. The third-order valence-electron chi connectivity index (χ3n) is 2.88. The van der Waals surface area contributed by atoms with E-state index in [0.717, 1.165) is 0 Å².